The van der Waals surface area contributed by atoms with Gasteiger partial charge in [0.2, 0.25) is 0 Å². The van der Waals surface area contributed by atoms with Crippen molar-refractivity contribution in [2.45, 2.75) is 4.90 Å². The molecule has 0 aliphatic carbocycles. The number of hydrogen-bond acceptors (Lipinski definition) is 4. The summed E-state index contributed by atoms with van der Waals surface area (Å²) in [4.78, 5) is 27.0. The number of fused-ring (bicyclic) bond motifs is 1. The molecule has 134 valence electrons. The average molecular weight is 409 g/mol. The molecule has 0 saturated heterocycles. The topological polar surface area (TPSA) is 49.4 Å². The van der Waals surface area contributed by atoms with Crippen LogP contribution in [0, 0.1) is 5.82 Å². The molecular formula is C18H14ClFN2O2S2. The van der Waals surface area contributed by atoms with Crippen LogP contribution in [-0.2, 0) is 0 Å². The minimum atomic E-state index is -0.401. The molecule has 1 heterocycles. The number of thioether (sulfide) groups is 1. The van der Waals surface area contributed by atoms with Crippen LogP contribution in [0.2, 0.25) is 5.02 Å². The van der Waals surface area contributed by atoms with Crippen molar-refractivity contribution in [1.82, 2.24) is 4.90 Å². The maximum Gasteiger partial charge on any atom is 0.286 e. The van der Waals surface area contributed by atoms with Crippen LogP contribution in [0.4, 0.5) is 14.9 Å². The van der Waals surface area contributed by atoms with Crippen LogP contribution in [0.25, 0.3) is 10.1 Å². The van der Waals surface area contributed by atoms with E-state index in [9.17, 15) is 14.0 Å². The summed E-state index contributed by atoms with van der Waals surface area (Å²) in [7, 11) is 3.32. The van der Waals surface area contributed by atoms with E-state index < -0.39 is 5.91 Å². The summed E-state index contributed by atoms with van der Waals surface area (Å²) < 4.78 is 14.0. The van der Waals surface area contributed by atoms with Gasteiger partial charge in [-0.2, -0.15) is 0 Å². The number of rotatable bonds is 3. The first-order valence-electron chi connectivity index (χ1n) is 7.54. The molecule has 0 saturated carbocycles. The Bertz CT molecular complexity index is 1000. The van der Waals surface area contributed by atoms with Gasteiger partial charge < -0.3 is 10.2 Å². The maximum atomic E-state index is 13.4. The molecule has 1 aromatic heterocycles. The Balaban J connectivity index is 1.89. The summed E-state index contributed by atoms with van der Waals surface area (Å²) in [6, 6.07) is 11.2. The molecule has 2 aromatic carbocycles. The number of anilines is 1. The fourth-order valence-electron chi connectivity index (χ4n) is 2.21. The molecule has 0 spiro atoms. The molecule has 0 radical (unpaired) electrons. The highest BCUT2D eigenvalue weighted by Gasteiger charge is 2.19. The van der Waals surface area contributed by atoms with Crippen LogP contribution in [0.1, 0.15) is 9.67 Å². The lowest BCUT2D eigenvalue weighted by Gasteiger charge is -2.12. The van der Waals surface area contributed by atoms with Crippen LogP contribution in [0.3, 0.4) is 0 Å². The van der Waals surface area contributed by atoms with Crippen molar-refractivity contribution in [1.29, 1.82) is 0 Å². The number of amides is 2. The molecule has 0 aliphatic heterocycles. The van der Waals surface area contributed by atoms with Gasteiger partial charge in [0, 0.05) is 29.1 Å². The summed E-state index contributed by atoms with van der Waals surface area (Å²) in [6.45, 7) is 0. The SMILES string of the molecule is CN(C)C(=O)Sc1ccccc1NC(=O)c1sc2cc(F)ccc2c1Cl. The summed E-state index contributed by atoms with van der Waals surface area (Å²) >= 11 is 8.44. The Hall–Kier alpha value is -2.09. The molecule has 1 N–H and O–H groups in total. The molecule has 0 aliphatic rings. The largest absolute Gasteiger partial charge is 0.339 e. The van der Waals surface area contributed by atoms with Crippen molar-refractivity contribution in [2.75, 3.05) is 19.4 Å². The molecule has 0 fully saturated rings. The molecule has 4 nitrogen and oxygen atoms in total. The van der Waals surface area contributed by atoms with Gasteiger partial charge in [-0.15, -0.1) is 11.3 Å². The molecule has 26 heavy (non-hydrogen) atoms. The number of halogens is 2. The highest BCUT2D eigenvalue weighted by Crippen LogP contribution is 2.37. The van der Waals surface area contributed by atoms with Crippen molar-refractivity contribution in [3.63, 3.8) is 0 Å². The third-order valence-electron chi connectivity index (χ3n) is 3.50. The van der Waals surface area contributed by atoms with E-state index >= 15 is 0 Å². The quantitative estimate of drug-likeness (QED) is 0.564. The van der Waals surface area contributed by atoms with Gasteiger partial charge in [-0.25, -0.2) is 4.39 Å². The predicted octanol–water partition coefficient (Wildman–Crippen LogP) is 5.72. The van der Waals surface area contributed by atoms with Crippen LogP contribution in [0.5, 0.6) is 0 Å². The van der Waals surface area contributed by atoms with E-state index in [2.05, 4.69) is 5.32 Å². The Labute approximate surface area is 162 Å². The fraction of sp³-hybridized carbons (Fsp3) is 0.111. The molecule has 0 atom stereocenters. The highest BCUT2D eigenvalue weighted by atomic mass is 35.5. The van der Waals surface area contributed by atoms with E-state index in [1.54, 1.807) is 44.4 Å². The van der Waals surface area contributed by atoms with Gasteiger partial charge in [0.1, 0.15) is 10.7 Å². The monoisotopic (exact) mass is 408 g/mol. The van der Waals surface area contributed by atoms with Gasteiger partial charge in [-0.05, 0) is 42.1 Å². The number of thiophene rings is 1. The summed E-state index contributed by atoms with van der Waals surface area (Å²) in [5.74, 6) is -0.784. The number of carbonyl (C=O) groups excluding carboxylic acids is 2. The maximum absolute atomic E-state index is 13.4. The highest BCUT2D eigenvalue weighted by molar-refractivity contribution is 8.13. The third-order valence-corrected chi connectivity index (χ3v) is 6.27. The van der Waals surface area contributed by atoms with Gasteiger partial charge >= 0.3 is 0 Å². The van der Waals surface area contributed by atoms with Crippen LogP contribution in [-0.4, -0.2) is 30.1 Å². The lowest BCUT2D eigenvalue weighted by molar-refractivity contribution is 0.103. The smallest absolute Gasteiger partial charge is 0.286 e. The molecule has 8 heteroatoms. The molecule has 0 bridgehead atoms. The average Bonchev–Trinajstić information content (AvgIpc) is 2.92. The zero-order valence-electron chi connectivity index (χ0n) is 13.9. The summed E-state index contributed by atoms with van der Waals surface area (Å²) in [6.07, 6.45) is 0. The van der Waals surface area contributed by atoms with Crippen LogP contribution >= 0.6 is 34.7 Å². The number of nitrogens with one attached hydrogen (secondary N) is 1. The minimum Gasteiger partial charge on any atom is -0.339 e. The lowest BCUT2D eigenvalue weighted by atomic mass is 10.2. The van der Waals surface area contributed by atoms with E-state index in [1.807, 2.05) is 0 Å². The first-order chi connectivity index (χ1) is 12.4. The Kier molecular flexibility index (Phi) is 5.50. The van der Waals surface area contributed by atoms with Gasteiger partial charge in [0.05, 0.1) is 10.7 Å². The Morgan fingerprint density at radius 1 is 1.19 bits per heavy atom. The van der Waals surface area contributed by atoms with Crippen molar-refractivity contribution in [2.24, 2.45) is 0 Å². The number of nitrogens with zero attached hydrogens (tertiary/aromatic N) is 1. The predicted molar refractivity (Wildman–Crippen MR) is 106 cm³/mol. The van der Waals surface area contributed by atoms with E-state index in [0.29, 0.717) is 25.5 Å². The van der Waals surface area contributed by atoms with Gasteiger partial charge in [0.15, 0.2) is 0 Å². The van der Waals surface area contributed by atoms with E-state index in [4.69, 9.17) is 11.6 Å². The van der Waals surface area contributed by atoms with E-state index in [0.717, 1.165) is 23.1 Å². The van der Waals surface area contributed by atoms with Gasteiger partial charge in [0.25, 0.3) is 11.1 Å². The Morgan fingerprint density at radius 3 is 2.65 bits per heavy atom. The third kappa shape index (κ3) is 3.85. The van der Waals surface area contributed by atoms with Gasteiger partial charge in [-0.3, -0.25) is 9.59 Å². The first kappa shape index (κ1) is 18.7. The molecule has 0 unspecified atom stereocenters. The number of hydrogen-bond donors (Lipinski definition) is 1. The zero-order valence-corrected chi connectivity index (χ0v) is 16.3. The first-order valence-corrected chi connectivity index (χ1v) is 9.55. The summed E-state index contributed by atoms with van der Waals surface area (Å²) in [5, 5.41) is 3.56. The zero-order chi connectivity index (χ0) is 18.8. The number of para-hydroxylation sites is 1. The molecule has 2 amide bonds. The lowest BCUT2D eigenvalue weighted by Crippen LogP contribution is -2.17. The number of benzene rings is 2. The standard InChI is InChI=1S/C18H14ClFN2O2S2/c1-22(2)18(24)26-13-6-4-3-5-12(13)21-17(23)16-15(19)11-8-7-10(20)9-14(11)25-16/h3-9H,1-2H3,(H,21,23). The fourth-order valence-corrected chi connectivity index (χ4v) is 4.39. The Morgan fingerprint density at radius 2 is 1.92 bits per heavy atom. The second kappa shape index (κ2) is 7.65. The molecule has 3 aromatic rings. The van der Waals surface area contributed by atoms with Crippen LogP contribution in [0.15, 0.2) is 47.4 Å². The molecule has 3 rings (SSSR count). The van der Waals surface area contributed by atoms with Crippen molar-refractivity contribution >= 4 is 61.6 Å². The summed E-state index contributed by atoms with van der Waals surface area (Å²) in [5.41, 5.74) is 0.511. The normalized spacial score (nSPS) is 10.8. The van der Waals surface area contributed by atoms with Gasteiger partial charge in [-0.1, -0.05) is 23.7 Å². The van der Waals surface area contributed by atoms with Crippen LogP contribution < -0.4 is 5.32 Å². The second-order valence-electron chi connectivity index (χ2n) is 5.60. The second-order valence-corrected chi connectivity index (χ2v) is 8.02. The van der Waals surface area contributed by atoms with Crippen molar-refractivity contribution in [3.8, 4) is 0 Å². The van der Waals surface area contributed by atoms with E-state index in [1.165, 1.54) is 17.0 Å². The number of carbonyl (C=O) groups is 2. The van der Waals surface area contributed by atoms with Crippen molar-refractivity contribution in [3.05, 3.63) is 58.2 Å². The van der Waals surface area contributed by atoms with Crippen molar-refractivity contribution < 1.29 is 14.0 Å². The minimum absolute atomic E-state index is 0.151. The van der Waals surface area contributed by atoms with E-state index in [-0.39, 0.29) is 16.1 Å². The molecular weight excluding hydrogens is 395 g/mol.